The second-order valence-electron chi connectivity index (χ2n) is 16.6. The van der Waals surface area contributed by atoms with E-state index in [1.165, 1.54) is 19.3 Å². The van der Waals surface area contributed by atoms with Crippen molar-refractivity contribution in [3.8, 4) is 0 Å². The fraction of sp³-hybridized carbons (Fsp3) is 0.618. The van der Waals surface area contributed by atoms with E-state index in [-0.39, 0.29) is 19.6 Å². The number of aliphatic hydroxyl groups excluding tert-OH is 3. The number of hydrogen-bond donors (Lipinski definition) is 4. The highest BCUT2D eigenvalue weighted by atomic mass is 32.3. The van der Waals surface area contributed by atoms with Crippen LogP contribution in [-0.4, -0.2) is 97.5 Å². The summed E-state index contributed by atoms with van der Waals surface area (Å²) in [6.45, 7) is 3.58. The van der Waals surface area contributed by atoms with Crippen LogP contribution in [0.5, 0.6) is 0 Å². The van der Waals surface area contributed by atoms with Gasteiger partial charge in [0.2, 0.25) is 0 Å². The molecule has 6 atom stereocenters. The molecule has 13 heteroatoms. The first-order valence-electron chi connectivity index (χ1n) is 25.3. The summed E-state index contributed by atoms with van der Waals surface area (Å²) in [6.07, 6.45) is 55.2. The summed E-state index contributed by atoms with van der Waals surface area (Å²) in [6, 6.07) is 0. The Labute approximate surface area is 410 Å². The van der Waals surface area contributed by atoms with Gasteiger partial charge in [0.05, 0.1) is 19.8 Å². The standard InChI is InChI=1S/C55H88O12S/c1-3-5-7-9-11-13-15-17-19-21-23-25-26-28-30-32-34-36-38-40-42-44-51(57)65-49(48-64-55-53(59)54(67-68(60,61)62)52(58)50(46-56)66-55)47-63-45-43-41-39-37-35-33-31-29-27-24-22-20-18-16-14-12-10-8-6-4-2/h5-8,11-14,17-20,23-25,27,31,33,37,39,49-50,52-56,58-59H,3-4,9-10,15-16,21-22,26,28-30,32,34-36,38,40-48H2,1-2H3,(H,60,61,62)/b7-5-,8-6-,13-11-,14-12-,19-17-,20-18-,25-23-,27-24-,33-31-,39-37-. The molecule has 1 fully saturated rings. The van der Waals surface area contributed by atoms with Gasteiger partial charge < -0.3 is 34.3 Å². The van der Waals surface area contributed by atoms with Crippen molar-refractivity contribution in [2.45, 2.75) is 192 Å². The van der Waals surface area contributed by atoms with Gasteiger partial charge in [0.1, 0.15) is 30.5 Å². The monoisotopic (exact) mass is 973 g/mol. The van der Waals surface area contributed by atoms with Gasteiger partial charge in [-0.3, -0.25) is 9.35 Å². The van der Waals surface area contributed by atoms with Gasteiger partial charge in [-0.1, -0.05) is 174 Å². The number of ether oxygens (including phenoxy) is 4. The molecule has 0 saturated carbocycles. The van der Waals surface area contributed by atoms with Gasteiger partial charge in [0.15, 0.2) is 6.29 Å². The molecular weight excluding hydrogens is 885 g/mol. The van der Waals surface area contributed by atoms with Crippen LogP contribution >= 0.6 is 0 Å². The van der Waals surface area contributed by atoms with E-state index < -0.39 is 59.8 Å². The van der Waals surface area contributed by atoms with Crippen LogP contribution in [0.4, 0.5) is 0 Å². The minimum absolute atomic E-state index is 0.0163. The lowest BCUT2D eigenvalue weighted by Crippen LogP contribution is -2.60. The number of aliphatic hydroxyl groups is 3. The Hall–Kier alpha value is -3.50. The molecule has 0 radical (unpaired) electrons. The van der Waals surface area contributed by atoms with Gasteiger partial charge in [-0.15, -0.1) is 0 Å². The van der Waals surface area contributed by atoms with Crippen molar-refractivity contribution in [3.05, 3.63) is 122 Å². The number of hydrogen-bond acceptors (Lipinski definition) is 11. The molecule has 1 aliphatic rings. The van der Waals surface area contributed by atoms with Crippen LogP contribution in [0.25, 0.3) is 0 Å². The number of esters is 1. The molecule has 1 heterocycles. The second-order valence-corrected chi connectivity index (χ2v) is 17.7. The molecule has 68 heavy (non-hydrogen) atoms. The maximum absolute atomic E-state index is 12.9. The van der Waals surface area contributed by atoms with Gasteiger partial charge in [-0.2, -0.15) is 8.42 Å². The minimum Gasteiger partial charge on any atom is -0.457 e. The molecule has 386 valence electrons. The van der Waals surface area contributed by atoms with E-state index in [0.717, 1.165) is 109 Å². The summed E-state index contributed by atoms with van der Waals surface area (Å²) in [7, 11) is -5.08. The fourth-order valence-corrected chi connectivity index (χ4v) is 7.36. The smallest absolute Gasteiger partial charge is 0.397 e. The highest BCUT2D eigenvalue weighted by Gasteiger charge is 2.48. The lowest BCUT2D eigenvalue weighted by atomic mass is 9.99. The molecule has 0 aromatic rings. The zero-order chi connectivity index (χ0) is 49.6. The van der Waals surface area contributed by atoms with E-state index >= 15 is 0 Å². The van der Waals surface area contributed by atoms with Crippen LogP contribution in [0.1, 0.15) is 155 Å². The third-order valence-corrected chi connectivity index (χ3v) is 11.0. The van der Waals surface area contributed by atoms with Crippen LogP contribution in [-0.2, 0) is 38.3 Å². The normalized spacial score (nSPS) is 20.4. The van der Waals surface area contributed by atoms with Gasteiger partial charge >= 0.3 is 16.4 Å². The fourth-order valence-electron chi connectivity index (χ4n) is 6.86. The maximum atomic E-state index is 12.9. The molecule has 1 rings (SSSR count). The lowest BCUT2D eigenvalue weighted by molar-refractivity contribution is -0.301. The summed E-state index contributed by atoms with van der Waals surface area (Å²) in [5.41, 5.74) is 0. The molecule has 0 aromatic heterocycles. The Morgan fingerprint density at radius 3 is 1.41 bits per heavy atom. The van der Waals surface area contributed by atoms with E-state index in [2.05, 4.69) is 140 Å². The molecule has 0 bridgehead atoms. The first-order chi connectivity index (χ1) is 33.1. The van der Waals surface area contributed by atoms with Crippen molar-refractivity contribution < 1.29 is 56.2 Å². The van der Waals surface area contributed by atoms with Crippen LogP contribution < -0.4 is 0 Å². The highest BCUT2D eigenvalue weighted by Crippen LogP contribution is 2.26. The SMILES string of the molecule is CC/C=C\C/C=C\C/C=C\C/C=C\C/C=C\C/C=C\CCCOCC(COC1OC(CO)C(O)C(OS(=O)(=O)O)C1O)OC(=O)CCCCCCCCCC/C=C\C/C=C\C/C=C\C/C=C\CC. The van der Waals surface area contributed by atoms with E-state index in [1.54, 1.807) is 0 Å². The molecule has 4 N–H and O–H groups in total. The third-order valence-electron chi connectivity index (χ3n) is 10.6. The number of carbonyl (C=O) groups excluding carboxylic acids is 1. The lowest BCUT2D eigenvalue weighted by Gasteiger charge is -2.41. The zero-order valence-electron chi connectivity index (χ0n) is 41.4. The average Bonchev–Trinajstić information content (AvgIpc) is 3.31. The molecule has 12 nitrogen and oxygen atoms in total. The summed E-state index contributed by atoms with van der Waals surface area (Å²) in [4.78, 5) is 12.9. The Kier molecular flexibility index (Phi) is 41.1. The predicted octanol–water partition coefficient (Wildman–Crippen LogP) is 11.7. The number of carbonyl (C=O) groups is 1. The van der Waals surface area contributed by atoms with Gasteiger partial charge in [-0.05, 0) is 96.3 Å². The minimum atomic E-state index is -5.08. The zero-order valence-corrected chi connectivity index (χ0v) is 42.2. The van der Waals surface area contributed by atoms with E-state index in [4.69, 9.17) is 18.9 Å². The Morgan fingerprint density at radius 2 is 0.971 bits per heavy atom. The Balaban J connectivity index is 2.44. The quantitative estimate of drug-likeness (QED) is 0.0197. The van der Waals surface area contributed by atoms with Crippen LogP contribution in [0, 0.1) is 0 Å². The molecule has 1 saturated heterocycles. The summed E-state index contributed by atoms with van der Waals surface area (Å²) < 4.78 is 59.2. The Morgan fingerprint density at radius 1 is 0.559 bits per heavy atom. The van der Waals surface area contributed by atoms with Crippen molar-refractivity contribution in [2.75, 3.05) is 26.4 Å². The van der Waals surface area contributed by atoms with Crippen molar-refractivity contribution >= 4 is 16.4 Å². The van der Waals surface area contributed by atoms with Crippen molar-refractivity contribution in [3.63, 3.8) is 0 Å². The summed E-state index contributed by atoms with van der Waals surface area (Å²) in [5, 5.41) is 30.8. The van der Waals surface area contributed by atoms with Crippen molar-refractivity contribution in [2.24, 2.45) is 0 Å². The van der Waals surface area contributed by atoms with Crippen molar-refractivity contribution in [1.29, 1.82) is 0 Å². The van der Waals surface area contributed by atoms with Crippen LogP contribution in [0.3, 0.4) is 0 Å². The van der Waals surface area contributed by atoms with Crippen LogP contribution in [0.2, 0.25) is 0 Å². The molecule has 0 spiro atoms. The predicted molar refractivity (Wildman–Crippen MR) is 275 cm³/mol. The van der Waals surface area contributed by atoms with Gasteiger partial charge in [-0.25, -0.2) is 4.18 Å². The molecule has 0 amide bonds. The molecular formula is C55H88O12S. The van der Waals surface area contributed by atoms with E-state index in [9.17, 15) is 33.1 Å². The topological polar surface area (TPSA) is 178 Å². The maximum Gasteiger partial charge on any atom is 0.397 e. The number of unbranched alkanes of at least 4 members (excludes halogenated alkanes) is 9. The highest BCUT2D eigenvalue weighted by molar-refractivity contribution is 7.80. The first kappa shape index (κ1) is 62.5. The molecule has 6 unspecified atom stereocenters. The number of rotatable bonds is 42. The summed E-state index contributed by atoms with van der Waals surface area (Å²) in [5.74, 6) is -0.433. The van der Waals surface area contributed by atoms with E-state index in [1.807, 2.05) is 0 Å². The Bertz CT molecular complexity index is 1640. The molecule has 0 aliphatic carbocycles. The largest absolute Gasteiger partial charge is 0.457 e. The third kappa shape index (κ3) is 37.4. The second kappa shape index (κ2) is 44.7. The number of allylic oxidation sites excluding steroid dienone is 20. The van der Waals surface area contributed by atoms with E-state index in [0.29, 0.717) is 13.0 Å². The first-order valence-corrected chi connectivity index (χ1v) is 26.7. The van der Waals surface area contributed by atoms with Crippen molar-refractivity contribution in [1.82, 2.24) is 0 Å². The van der Waals surface area contributed by atoms with Crippen LogP contribution in [0.15, 0.2) is 122 Å². The van der Waals surface area contributed by atoms with Gasteiger partial charge in [0, 0.05) is 13.0 Å². The molecule has 0 aromatic carbocycles. The molecule has 1 aliphatic heterocycles. The average molecular weight is 973 g/mol. The van der Waals surface area contributed by atoms with Gasteiger partial charge in [0.25, 0.3) is 0 Å². The summed E-state index contributed by atoms with van der Waals surface area (Å²) >= 11 is 0.